The van der Waals surface area contributed by atoms with E-state index in [1.54, 1.807) is 24.3 Å². The van der Waals surface area contributed by atoms with E-state index in [-0.39, 0.29) is 34.2 Å². The van der Waals surface area contributed by atoms with E-state index in [1.165, 1.54) is 32.3 Å². The normalized spacial score (nSPS) is 10.7. The second kappa shape index (κ2) is 9.53. The van der Waals surface area contributed by atoms with Crippen LogP contribution < -0.4 is 15.4 Å². The summed E-state index contributed by atoms with van der Waals surface area (Å²) in [6, 6.07) is 10.4. The Labute approximate surface area is 192 Å². The number of rotatable bonds is 6. The maximum absolute atomic E-state index is 14.4. The number of benzene rings is 2. The average molecular weight is 464 g/mol. The maximum Gasteiger partial charge on any atom is 0.269 e. The Bertz CT molecular complexity index is 1410. The molecule has 0 radical (unpaired) electrons. The lowest BCUT2D eigenvalue weighted by atomic mass is 10.1. The van der Waals surface area contributed by atoms with Gasteiger partial charge in [-0.25, -0.2) is 13.8 Å². The van der Waals surface area contributed by atoms with E-state index >= 15 is 0 Å². The van der Waals surface area contributed by atoms with Crippen LogP contribution in [0.4, 0.5) is 14.7 Å². The Kier molecular flexibility index (Phi) is 6.35. The molecule has 0 bridgehead atoms. The molecule has 0 aliphatic carbocycles. The Hall–Kier alpha value is -4.54. The fourth-order valence-electron chi connectivity index (χ4n) is 3.15. The number of alkyl halides is 1. The number of carbonyl (C=O) groups is 2. The van der Waals surface area contributed by atoms with E-state index in [9.17, 15) is 18.4 Å². The summed E-state index contributed by atoms with van der Waals surface area (Å²) in [5.74, 6) is -1.34. The largest absolute Gasteiger partial charge is 0.457 e. The van der Waals surface area contributed by atoms with Gasteiger partial charge in [0.25, 0.3) is 11.8 Å². The molecule has 172 valence electrons. The zero-order chi connectivity index (χ0) is 24.2. The van der Waals surface area contributed by atoms with Crippen LogP contribution in [0.5, 0.6) is 11.5 Å². The summed E-state index contributed by atoms with van der Waals surface area (Å²) in [7, 11) is 1.50. The minimum atomic E-state index is -0.833. The fourth-order valence-corrected chi connectivity index (χ4v) is 3.15. The third-order valence-corrected chi connectivity index (χ3v) is 4.79. The number of halogens is 2. The van der Waals surface area contributed by atoms with Crippen LogP contribution in [0.15, 0.2) is 48.7 Å². The number of aromatic nitrogens is 4. The minimum Gasteiger partial charge on any atom is -0.457 e. The van der Waals surface area contributed by atoms with E-state index < -0.39 is 18.4 Å². The smallest absolute Gasteiger partial charge is 0.269 e. The van der Waals surface area contributed by atoms with Crippen molar-refractivity contribution in [1.82, 2.24) is 25.5 Å². The van der Waals surface area contributed by atoms with E-state index in [2.05, 4.69) is 30.8 Å². The molecule has 11 heteroatoms. The first-order valence-corrected chi connectivity index (χ1v) is 10.0. The van der Waals surface area contributed by atoms with Gasteiger partial charge in [-0.05, 0) is 42.3 Å². The average Bonchev–Trinajstić information content (AvgIpc) is 2.85. The number of nitrogens with zero attached hydrogens (tertiary/aromatic N) is 4. The maximum atomic E-state index is 14.4. The first kappa shape index (κ1) is 22.6. The number of hydrogen-bond acceptors (Lipinski definition) is 7. The summed E-state index contributed by atoms with van der Waals surface area (Å²) in [6.45, 7) is 0.613. The quantitative estimate of drug-likeness (QED) is 0.446. The highest BCUT2D eigenvalue weighted by molar-refractivity contribution is 6.04. The van der Waals surface area contributed by atoms with Crippen molar-refractivity contribution in [3.05, 3.63) is 76.9 Å². The second-order valence-corrected chi connectivity index (χ2v) is 7.21. The second-order valence-electron chi connectivity index (χ2n) is 7.21. The van der Waals surface area contributed by atoms with Crippen LogP contribution in [0.1, 0.15) is 32.0 Å². The highest BCUT2D eigenvalue weighted by Crippen LogP contribution is 2.25. The first-order chi connectivity index (χ1) is 16.4. The van der Waals surface area contributed by atoms with Crippen molar-refractivity contribution >= 4 is 28.8 Å². The number of ether oxygens (including phenoxy) is 1. The van der Waals surface area contributed by atoms with E-state index in [0.29, 0.717) is 22.5 Å². The Morgan fingerprint density at radius 3 is 2.56 bits per heavy atom. The fraction of sp³-hybridized carbons (Fsp3) is 0.130. The zero-order valence-corrected chi connectivity index (χ0v) is 18.1. The van der Waals surface area contributed by atoms with Gasteiger partial charge >= 0.3 is 0 Å². The Morgan fingerprint density at radius 2 is 1.79 bits per heavy atom. The summed E-state index contributed by atoms with van der Waals surface area (Å²) in [5.41, 5.74) is 0.964. The number of aryl methyl sites for hydroxylation is 1. The summed E-state index contributed by atoms with van der Waals surface area (Å²) in [4.78, 5) is 32.5. The zero-order valence-electron chi connectivity index (χ0n) is 18.1. The first-order valence-electron chi connectivity index (χ1n) is 10.0. The van der Waals surface area contributed by atoms with Gasteiger partial charge in [0.2, 0.25) is 5.95 Å². The van der Waals surface area contributed by atoms with Crippen LogP contribution in [0.2, 0.25) is 0 Å². The molecule has 0 atom stereocenters. The van der Waals surface area contributed by atoms with Crippen molar-refractivity contribution in [2.75, 3.05) is 12.4 Å². The highest BCUT2D eigenvalue weighted by Gasteiger charge is 2.17. The number of anilines is 1. The minimum absolute atomic E-state index is 0.148. The van der Waals surface area contributed by atoms with Crippen LogP contribution in [-0.2, 0) is 6.67 Å². The molecule has 0 aliphatic rings. The van der Waals surface area contributed by atoms with Gasteiger partial charge in [0.05, 0.1) is 11.1 Å². The van der Waals surface area contributed by atoms with Crippen molar-refractivity contribution in [1.29, 1.82) is 0 Å². The summed E-state index contributed by atoms with van der Waals surface area (Å²) in [6.07, 6.45) is 1.44. The van der Waals surface area contributed by atoms with Crippen LogP contribution >= 0.6 is 0 Å². The number of carbonyl (C=O) groups excluding carboxylic acids is 2. The van der Waals surface area contributed by atoms with Crippen molar-refractivity contribution in [2.45, 2.75) is 13.6 Å². The van der Waals surface area contributed by atoms with Gasteiger partial charge in [0.1, 0.15) is 35.2 Å². The van der Waals surface area contributed by atoms with Crippen molar-refractivity contribution < 1.29 is 23.1 Å². The van der Waals surface area contributed by atoms with Gasteiger partial charge in [0.15, 0.2) is 0 Å². The number of hydrogen-bond donors (Lipinski definition) is 2. The summed E-state index contributed by atoms with van der Waals surface area (Å²) < 4.78 is 33.2. The van der Waals surface area contributed by atoms with Crippen molar-refractivity contribution in [3.8, 4) is 11.5 Å². The third-order valence-electron chi connectivity index (χ3n) is 4.79. The Balaban J connectivity index is 1.58. The van der Waals surface area contributed by atoms with Crippen LogP contribution in [0, 0.1) is 12.7 Å². The van der Waals surface area contributed by atoms with Gasteiger partial charge < -0.3 is 10.1 Å². The molecule has 2 aromatic carbocycles. The molecule has 2 heterocycles. The number of pyridine rings is 1. The molecule has 4 aromatic rings. The molecule has 0 fully saturated rings. The Morgan fingerprint density at radius 1 is 1.00 bits per heavy atom. The van der Waals surface area contributed by atoms with E-state index in [4.69, 9.17) is 4.74 Å². The number of nitrogens with one attached hydrogen (secondary N) is 2. The lowest BCUT2D eigenvalue weighted by molar-refractivity contribution is 0.0956. The van der Waals surface area contributed by atoms with Gasteiger partial charge in [0, 0.05) is 25.4 Å². The molecule has 34 heavy (non-hydrogen) atoms. The van der Waals surface area contributed by atoms with E-state index in [1.807, 2.05) is 0 Å². The SMILES string of the molecule is CNC(=O)c1cc(Oc2ccc3nnc(NC(=O)c4cc(CF)cc(C)c4F)nc3c2)ccn1. The molecule has 9 nitrogen and oxygen atoms in total. The molecule has 4 rings (SSSR count). The summed E-state index contributed by atoms with van der Waals surface area (Å²) >= 11 is 0. The third kappa shape index (κ3) is 4.77. The van der Waals surface area contributed by atoms with Crippen molar-refractivity contribution in [3.63, 3.8) is 0 Å². The van der Waals surface area contributed by atoms with Gasteiger partial charge in [-0.1, -0.05) is 6.07 Å². The number of fused-ring (bicyclic) bond motifs is 1. The van der Waals surface area contributed by atoms with E-state index in [0.717, 1.165) is 6.07 Å². The molecule has 0 saturated heterocycles. The highest BCUT2D eigenvalue weighted by atomic mass is 19.1. The molecule has 2 aromatic heterocycles. The molecule has 0 spiro atoms. The molecular weight excluding hydrogens is 446 g/mol. The summed E-state index contributed by atoms with van der Waals surface area (Å²) in [5, 5.41) is 12.7. The predicted molar refractivity (Wildman–Crippen MR) is 119 cm³/mol. The lowest BCUT2D eigenvalue weighted by Crippen LogP contribution is -2.18. The van der Waals surface area contributed by atoms with Crippen LogP contribution in [-0.4, -0.2) is 39.0 Å². The number of amides is 2. The predicted octanol–water partition coefficient (Wildman–Crippen LogP) is 3.74. The van der Waals surface area contributed by atoms with Crippen LogP contribution in [0.3, 0.4) is 0 Å². The molecule has 2 N–H and O–H groups in total. The standard InChI is InChI=1S/C23H18F2N6O3/c1-12-7-13(11-24)8-16(20(12)25)21(32)29-23-28-18-9-14(3-4-17(18)30-31-23)34-15-5-6-27-19(10-15)22(33)26-2/h3-10H,11H2,1-2H3,(H,26,33)(H,28,29,31,32). The molecule has 0 unspecified atom stereocenters. The topological polar surface area (TPSA) is 119 Å². The molecular formula is C23H18F2N6O3. The van der Waals surface area contributed by atoms with Gasteiger partial charge in [-0.2, -0.15) is 0 Å². The van der Waals surface area contributed by atoms with Crippen molar-refractivity contribution in [2.24, 2.45) is 0 Å². The molecule has 0 saturated carbocycles. The van der Waals surface area contributed by atoms with Gasteiger partial charge in [-0.3, -0.25) is 19.9 Å². The molecule has 2 amide bonds. The monoisotopic (exact) mass is 464 g/mol. The molecule has 0 aliphatic heterocycles. The van der Waals surface area contributed by atoms with Gasteiger partial charge in [-0.15, -0.1) is 10.2 Å². The van der Waals surface area contributed by atoms with Crippen LogP contribution in [0.25, 0.3) is 11.0 Å². The lowest BCUT2D eigenvalue weighted by Gasteiger charge is -2.09.